The molecule has 0 fully saturated rings. The van der Waals surface area contributed by atoms with E-state index < -0.39 is 12.0 Å². The molecule has 18 heavy (non-hydrogen) atoms. The predicted molar refractivity (Wildman–Crippen MR) is 66.5 cm³/mol. The number of phenolic OH excluding ortho intramolecular Hbond substituents is 1. The molecule has 0 saturated heterocycles. The minimum absolute atomic E-state index is 0.0101. The molecule has 98 valence electrons. The zero-order valence-electron chi connectivity index (χ0n) is 10.6. The minimum atomic E-state index is -0.599. The van der Waals surface area contributed by atoms with E-state index >= 15 is 0 Å². The second-order valence-corrected chi connectivity index (χ2v) is 3.89. The Balaban J connectivity index is 2.62. The van der Waals surface area contributed by atoms with Crippen LogP contribution >= 0.6 is 0 Å². The van der Waals surface area contributed by atoms with Gasteiger partial charge in [0.15, 0.2) is 0 Å². The Labute approximate surface area is 105 Å². The molecule has 0 bridgehead atoms. The Kier molecular flexibility index (Phi) is 4.53. The number of aryl methyl sites for hydroxylation is 1. The molecule has 2 N–H and O–H groups in total. The third kappa shape index (κ3) is 3.65. The van der Waals surface area contributed by atoms with Gasteiger partial charge in [0, 0.05) is 7.05 Å². The lowest BCUT2D eigenvalue weighted by atomic mass is 10.2. The highest BCUT2D eigenvalue weighted by Crippen LogP contribution is 2.23. The molecule has 0 aliphatic carbocycles. The van der Waals surface area contributed by atoms with Gasteiger partial charge >= 0.3 is 6.09 Å². The fourth-order valence-corrected chi connectivity index (χ4v) is 1.37. The highest BCUT2D eigenvalue weighted by Gasteiger charge is 2.13. The van der Waals surface area contributed by atoms with Crippen LogP contribution < -0.4 is 5.32 Å². The molecule has 1 rings (SSSR count). The Bertz CT molecular complexity index is 459. The summed E-state index contributed by atoms with van der Waals surface area (Å²) in [6, 6.07) is 4.90. The fourth-order valence-electron chi connectivity index (χ4n) is 1.37. The maximum absolute atomic E-state index is 11.6. The molecule has 1 aromatic rings. The summed E-state index contributed by atoms with van der Waals surface area (Å²) in [5.74, 6) is -0.425. The van der Waals surface area contributed by atoms with Gasteiger partial charge < -0.3 is 20.1 Å². The third-order valence-corrected chi connectivity index (χ3v) is 2.29. The number of phenols is 1. The van der Waals surface area contributed by atoms with Crippen molar-refractivity contribution in [3.63, 3.8) is 0 Å². The van der Waals surface area contributed by atoms with Crippen LogP contribution in [0.1, 0.15) is 5.56 Å². The predicted octanol–water partition coefficient (Wildman–Crippen LogP) is 1.34. The van der Waals surface area contributed by atoms with E-state index in [-0.39, 0.29) is 12.3 Å². The molecule has 0 aromatic heterocycles. The molecule has 0 unspecified atom stereocenters. The molecule has 6 heteroatoms. The SMILES string of the molecule is COC(=O)N(C)CC(=O)Nc1ccc(C)cc1O. The fraction of sp³-hybridized carbons (Fsp3) is 0.333. The lowest BCUT2D eigenvalue weighted by Crippen LogP contribution is -2.34. The lowest BCUT2D eigenvalue weighted by molar-refractivity contribution is -0.116. The van der Waals surface area contributed by atoms with E-state index in [4.69, 9.17) is 0 Å². The van der Waals surface area contributed by atoms with E-state index in [1.165, 1.54) is 14.2 Å². The number of anilines is 1. The van der Waals surface area contributed by atoms with Crippen molar-refractivity contribution in [2.45, 2.75) is 6.92 Å². The smallest absolute Gasteiger partial charge is 0.409 e. The van der Waals surface area contributed by atoms with Crippen LogP contribution in [0.3, 0.4) is 0 Å². The second kappa shape index (κ2) is 5.90. The van der Waals surface area contributed by atoms with Gasteiger partial charge in [-0.1, -0.05) is 6.07 Å². The Hall–Kier alpha value is -2.24. The van der Waals surface area contributed by atoms with E-state index in [2.05, 4.69) is 10.1 Å². The van der Waals surface area contributed by atoms with Gasteiger partial charge in [-0.3, -0.25) is 4.79 Å². The summed E-state index contributed by atoms with van der Waals surface area (Å²) in [7, 11) is 2.68. The van der Waals surface area contributed by atoms with Crippen molar-refractivity contribution in [1.82, 2.24) is 4.90 Å². The van der Waals surface area contributed by atoms with Gasteiger partial charge in [-0.05, 0) is 24.6 Å². The quantitative estimate of drug-likeness (QED) is 0.796. The molecule has 0 radical (unpaired) electrons. The summed E-state index contributed by atoms with van der Waals surface area (Å²) < 4.78 is 4.46. The van der Waals surface area contributed by atoms with Crippen molar-refractivity contribution in [1.29, 1.82) is 0 Å². The van der Waals surface area contributed by atoms with E-state index in [9.17, 15) is 14.7 Å². The number of rotatable bonds is 3. The molecule has 2 amide bonds. The standard InChI is InChI=1S/C12H16N2O4/c1-8-4-5-9(10(15)6-8)13-11(16)7-14(2)12(17)18-3/h4-6,15H,7H2,1-3H3,(H,13,16). The number of aromatic hydroxyl groups is 1. The van der Waals surface area contributed by atoms with Crippen LogP contribution in [0.5, 0.6) is 5.75 Å². The van der Waals surface area contributed by atoms with Gasteiger partial charge in [-0.25, -0.2) is 4.79 Å². The van der Waals surface area contributed by atoms with E-state index in [0.717, 1.165) is 10.5 Å². The topological polar surface area (TPSA) is 78.9 Å². The first kappa shape index (κ1) is 13.8. The molecular formula is C12H16N2O4. The first-order chi connectivity index (χ1) is 8.43. The van der Waals surface area contributed by atoms with Crippen molar-refractivity contribution < 1.29 is 19.4 Å². The summed E-state index contributed by atoms with van der Waals surface area (Å²) >= 11 is 0. The number of hydrogen-bond donors (Lipinski definition) is 2. The molecule has 0 atom stereocenters. The Morgan fingerprint density at radius 3 is 2.67 bits per heavy atom. The van der Waals surface area contributed by atoms with E-state index in [0.29, 0.717) is 5.69 Å². The molecule has 0 aliphatic rings. The van der Waals surface area contributed by atoms with Gasteiger partial charge in [0.2, 0.25) is 5.91 Å². The summed E-state index contributed by atoms with van der Waals surface area (Å²) in [5, 5.41) is 12.1. The summed E-state index contributed by atoms with van der Waals surface area (Å²) in [6.07, 6.45) is -0.599. The second-order valence-electron chi connectivity index (χ2n) is 3.89. The molecule has 1 aromatic carbocycles. The van der Waals surface area contributed by atoms with Gasteiger partial charge in [0.25, 0.3) is 0 Å². The lowest BCUT2D eigenvalue weighted by Gasteiger charge is -2.15. The number of carbonyl (C=O) groups is 2. The number of nitrogens with one attached hydrogen (secondary N) is 1. The molecule has 0 saturated carbocycles. The van der Waals surface area contributed by atoms with Crippen molar-refractivity contribution >= 4 is 17.7 Å². The van der Waals surface area contributed by atoms with Crippen molar-refractivity contribution in [2.24, 2.45) is 0 Å². The van der Waals surface area contributed by atoms with Crippen LogP contribution in [-0.4, -0.2) is 42.7 Å². The van der Waals surface area contributed by atoms with Crippen molar-refractivity contribution in [3.8, 4) is 5.75 Å². The van der Waals surface area contributed by atoms with Gasteiger partial charge in [0.1, 0.15) is 12.3 Å². The summed E-state index contributed by atoms with van der Waals surface area (Å²) in [5.41, 5.74) is 1.20. The Morgan fingerprint density at radius 1 is 1.44 bits per heavy atom. The average Bonchev–Trinajstić information content (AvgIpc) is 2.31. The summed E-state index contributed by atoms with van der Waals surface area (Å²) in [4.78, 5) is 23.8. The van der Waals surface area contributed by atoms with Gasteiger partial charge in [-0.2, -0.15) is 0 Å². The van der Waals surface area contributed by atoms with Gasteiger partial charge in [-0.15, -0.1) is 0 Å². The van der Waals surface area contributed by atoms with Crippen LogP contribution in [0.25, 0.3) is 0 Å². The van der Waals surface area contributed by atoms with E-state index in [1.807, 2.05) is 6.92 Å². The number of benzene rings is 1. The van der Waals surface area contributed by atoms with Crippen LogP contribution in [0.2, 0.25) is 0 Å². The Morgan fingerprint density at radius 2 is 2.11 bits per heavy atom. The highest BCUT2D eigenvalue weighted by molar-refractivity contribution is 5.95. The van der Waals surface area contributed by atoms with Crippen LogP contribution in [0, 0.1) is 6.92 Å². The zero-order valence-corrected chi connectivity index (χ0v) is 10.6. The minimum Gasteiger partial charge on any atom is -0.506 e. The molecule has 0 heterocycles. The maximum Gasteiger partial charge on any atom is 0.409 e. The normalized spacial score (nSPS) is 9.72. The molecule has 6 nitrogen and oxygen atoms in total. The number of amides is 2. The van der Waals surface area contributed by atoms with Crippen molar-refractivity contribution in [3.05, 3.63) is 23.8 Å². The third-order valence-electron chi connectivity index (χ3n) is 2.29. The van der Waals surface area contributed by atoms with Crippen LogP contribution in [0.15, 0.2) is 18.2 Å². The first-order valence-corrected chi connectivity index (χ1v) is 5.32. The largest absolute Gasteiger partial charge is 0.506 e. The maximum atomic E-state index is 11.6. The molecule has 0 spiro atoms. The molecular weight excluding hydrogens is 236 g/mol. The number of methoxy groups -OCH3 is 1. The number of nitrogens with zero attached hydrogens (tertiary/aromatic N) is 1. The zero-order chi connectivity index (χ0) is 13.7. The average molecular weight is 252 g/mol. The number of carbonyl (C=O) groups excluding carboxylic acids is 2. The monoisotopic (exact) mass is 252 g/mol. The highest BCUT2D eigenvalue weighted by atomic mass is 16.5. The molecule has 0 aliphatic heterocycles. The summed E-state index contributed by atoms with van der Waals surface area (Å²) in [6.45, 7) is 1.68. The number of likely N-dealkylation sites (N-methyl/N-ethyl adjacent to an activating group) is 1. The van der Waals surface area contributed by atoms with Crippen molar-refractivity contribution in [2.75, 3.05) is 26.0 Å². The first-order valence-electron chi connectivity index (χ1n) is 5.32. The van der Waals surface area contributed by atoms with Crippen LogP contribution in [0.4, 0.5) is 10.5 Å². The van der Waals surface area contributed by atoms with Crippen LogP contribution in [-0.2, 0) is 9.53 Å². The van der Waals surface area contributed by atoms with Gasteiger partial charge in [0.05, 0.1) is 12.8 Å². The van der Waals surface area contributed by atoms with E-state index in [1.54, 1.807) is 18.2 Å². The number of hydrogen-bond acceptors (Lipinski definition) is 4. The number of ether oxygens (including phenoxy) is 1.